The molecule has 0 aromatic carbocycles. The number of rotatable bonds is 5. The van der Waals surface area contributed by atoms with Crippen LogP contribution in [0.25, 0.3) is 0 Å². The average Bonchev–Trinajstić information content (AvgIpc) is 2.34. The number of nitrogens with zero attached hydrogens (tertiary/aromatic N) is 3. The molecular formula is C11H12BrN3O. The Labute approximate surface area is 103 Å². The number of hydrogen-bond donors (Lipinski definition) is 0. The molecule has 0 aliphatic carbocycles. The summed E-state index contributed by atoms with van der Waals surface area (Å²) in [6.07, 6.45) is 3.76. The highest BCUT2D eigenvalue weighted by Crippen LogP contribution is 2.05. The highest BCUT2D eigenvalue weighted by molar-refractivity contribution is 9.09. The lowest BCUT2D eigenvalue weighted by atomic mass is 10.2. The van der Waals surface area contributed by atoms with E-state index in [0.29, 0.717) is 19.5 Å². The van der Waals surface area contributed by atoms with Gasteiger partial charge < -0.3 is 4.90 Å². The molecule has 16 heavy (non-hydrogen) atoms. The van der Waals surface area contributed by atoms with Crippen LogP contribution in [0.2, 0.25) is 0 Å². The summed E-state index contributed by atoms with van der Waals surface area (Å²) in [6.45, 7) is 0.954. The van der Waals surface area contributed by atoms with Crippen molar-refractivity contribution >= 4 is 21.8 Å². The van der Waals surface area contributed by atoms with E-state index in [2.05, 4.69) is 20.9 Å². The van der Waals surface area contributed by atoms with E-state index < -0.39 is 0 Å². The smallest absolute Gasteiger partial charge is 0.233 e. The van der Waals surface area contributed by atoms with Gasteiger partial charge in [-0.2, -0.15) is 5.26 Å². The minimum atomic E-state index is -0.0147. The molecule has 0 unspecified atom stereocenters. The molecule has 84 valence electrons. The lowest BCUT2D eigenvalue weighted by Crippen LogP contribution is -2.32. The third-order valence-corrected chi connectivity index (χ3v) is 2.54. The van der Waals surface area contributed by atoms with Crippen molar-refractivity contribution in [3.63, 3.8) is 0 Å². The van der Waals surface area contributed by atoms with Crippen LogP contribution in [0.5, 0.6) is 0 Å². The molecule has 0 radical (unpaired) electrons. The Morgan fingerprint density at radius 2 is 2.44 bits per heavy atom. The topological polar surface area (TPSA) is 57.0 Å². The molecule has 0 saturated carbocycles. The molecular weight excluding hydrogens is 270 g/mol. The molecule has 1 rings (SSSR count). The van der Waals surface area contributed by atoms with E-state index in [1.807, 2.05) is 18.2 Å². The zero-order valence-electron chi connectivity index (χ0n) is 8.77. The van der Waals surface area contributed by atoms with Gasteiger partial charge in [-0.1, -0.05) is 22.0 Å². The maximum atomic E-state index is 11.6. The molecule has 5 heteroatoms. The molecule has 1 aromatic rings. The Balaban J connectivity index is 2.64. The van der Waals surface area contributed by atoms with Gasteiger partial charge in [-0.3, -0.25) is 9.78 Å². The second-order valence-electron chi connectivity index (χ2n) is 3.22. The Hall–Kier alpha value is -1.41. The summed E-state index contributed by atoms with van der Waals surface area (Å²) in [5.41, 5.74) is 0.967. The van der Waals surface area contributed by atoms with Crippen molar-refractivity contribution in [2.75, 3.05) is 11.9 Å². The minimum Gasteiger partial charge on any atom is -0.337 e. The Morgan fingerprint density at radius 1 is 1.62 bits per heavy atom. The molecule has 0 bridgehead atoms. The van der Waals surface area contributed by atoms with Crippen molar-refractivity contribution in [1.82, 2.24) is 9.88 Å². The van der Waals surface area contributed by atoms with Gasteiger partial charge in [0.15, 0.2) is 0 Å². The van der Waals surface area contributed by atoms with E-state index in [0.717, 1.165) is 5.56 Å². The maximum Gasteiger partial charge on any atom is 0.233 e. The first-order valence-corrected chi connectivity index (χ1v) is 5.99. The molecule has 0 spiro atoms. The number of aromatic nitrogens is 1. The number of pyridine rings is 1. The van der Waals surface area contributed by atoms with Gasteiger partial charge in [0.2, 0.25) is 5.91 Å². The number of carbonyl (C=O) groups excluding carboxylic acids is 1. The molecule has 0 aliphatic heterocycles. The number of halogens is 1. The number of carbonyl (C=O) groups is 1. The lowest BCUT2D eigenvalue weighted by Gasteiger charge is -2.20. The van der Waals surface area contributed by atoms with Crippen molar-refractivity contribution in [2.24, 2.45) is 0 Å². The molecule has 1 aromatic heterocycles. The molecule has 1 amide bonds. The zero-order valence-corrected chi connectivity index (χ0v) is 10.4. The molecule has 4 nitrogen and oxygen atoms in total. The van der Waals surface area contributed by atoms with Crippen molar-refractivity contribution in [3.05, 3.63) is 30.1 Å². The van der Waals surface area contributed by atoms with E-state index in [-0.39, 0.29) is 11.2 Å². The largest absolute Gasteiger partial charge is 0.337 e. The van der Waals surface area contributed by atoms with Crippen LogP contribution >= 0.6 is 15.9 Å². The minimum absolute atomic E-state index is 0.0147. The Kier molecular flexibility index (Phi) is 5.51. The molecule has 0 aliphatic rings. The van der Waals surface area contributed by atoms with Crippen molar-refractivity contribution in [1.29, 1.82) is 5.26 Å². The van der Waals surface area contributed by atoms with Crippen LogP contribution in [-0.2, 0) is 11.3 Å². The fourth-order valence-corrected chi connectivity index (χ4v) is 1.63. The average molecular weight is 282 g/mol. The summed E-state index contributed by atoms with van der Waals surface area (Å²) in [5.74, 6) is -0.0147. The number of nitriles is 1. The van der Waals surface area contributed by atoms with Crippen LogP contribution in [0.3, 0.4) is 0 Å². The summed E-state index contributed by atoms with van der Waals surface area (Å²) >= 11 is 3.13. The first-order chi connectivity index (χ1) is 7.77. The number of amides is 1. The van der Waals surface area contributed by atoms with Gasteiger partial charge in [0.1, 0.15) is 0 Å². The first-order valence-electron chi connectivity index (χ1n) is 4.87. The first kappa shape index (κ1) is 12.7. The van der Waals surface area contributed by atoms with E-state index in [1.54, 1.807) is 17.3 Å². The van der Waals surface area contributed by atoms with Gasteiger partial charge in [0.25, 0.3) is 0 Å². The second-order valence-corrected chi connectivity index (χ2v) is 3.78. The Morgan fingerprint density at radius 3 is 3.00 bits per heavy atom. The van der Waals surface area contributed by atoms with Crippen LogP contribution < -0.4 is 0 Å². The normalized spacial score (nSPS) is 9.50. The van der Waals surface area contributed by atoms with Crippen molar-refractivity contribution in [2.45, 2.75) is 13.0 Å². The highest BCUT2D eigenvalue weighted by atomic mass is 79.9. The number of hydrogen-bond acceptors (Lipinski definition) is 3. The van der Waals surface area contributed by atoms with Crippen LogP contribution in [0.4, 0.5) is 0 Å². The SMILES string of the molecule is N#CCCN(Cc1cccnc1)C(=O)CBr. The van der Waals surface area contributed by atoms with E-state index >= 15 is 0 Å². The summed E-state index contributed by atoms with van der Waals surface area (Å²) < 4.78 is 0. The monoisotopic (exact) mass is 281 g/mol. The highest BCUT2D eigenvalue weighted by Gasteiger charge is 2.11. The third-order valence-electron chi connectivity index (χ3n) is 2.06. The van der Waals surface area contributed by atoms with E-state index in [4.69, 9.17) is 5.26 Å². The lowest BCUT2D eigenvalue weighted by molar-refractivity contribution is -0.128. The quantitative estimate of drug-likeness (QED) is 0.773. The zero-order chi connectivity index (χ0) is 11.8. The molecule has 0 fully saturated rings. The molecule has 0 atom stereocenters. The van der Waals surface area contributed by atoms with Crippen LogP contribution in [0.1, 0.15) is 12.0 Å². The fourth-order valence-electron chi connectivity index (χ4n) is 1.27. The summed E-state index contributed by atoms with van der Waals surface area (Å²) in [6, 6.07) is 5.78. The predicted octanol–water partition coefficient (Wildman–Crippen LogP) is 1.72. The van der Waals surface area contributed by atoms with Gasteiger partial charge in [-0.05, 0) is 11.6 Å². The van der Waals surface area contributed by atoms with Crippen molar-refractivity contribution < 1.29 is 4.79 Å². The van der Waals surface area contributed by atoms with E-state index in [1.165, 1.54) is 0 Å². The molecule has 1 heterocycles. The maximum absolute atomic E-state index is 11.6. The Bertz CT molecular complexity index is 375. The standard InChI is InChI=1S/C11H12BrN3O/c12-7-11(16)15(6-2-4-13)9-10-3-1-5-14-8-10/h1,3,5,8H,2,6-7,9H2. The van der Waals surface area contributed by atoms with Gasteiger partial charge in [0, 0.05) is 25.5 Å². The van der Waals surface area contributed by atoms with Gasteiger partial charge in [-0.25, -0.2) is 0 Å². The summed E-state index contributed by atoms with van der Waals surface area (Å²) in [7, 11) is 0. The third kappa shape index (κ3) is 3.99. The fraction of sp³-hybridized carbons (Fsp3) is 0.364. The van der Waals surface area contributed by atoms with Crippen LogP contribution in [0, 0.1) is 11.3 Å². The van der Waals surface area contributed by atoms with Gasteiger partial charge in [-0.15, -0.1) is 0 Å². The van der Waals surface area contributed by atoms with E-state index in [9.17, 15) is 4.79 Å². The summed E-state index contributed by atoms with van der Waals surface area (Å²) in [4.78, 5) is 17.2. The number of alkyl halides is 1. The summed E-state index contributed by atoms with van der Waals surface area (Å²) in [5, 5.41) is 8.80. The predicted molar refractivity (Wildman–Crippen MR) is 63.7 cm³/mol. The van der Waals surface area contributed by atoms with Gasteiger partial charge in [0.05, 0.1) is 17.8 Å². The molecule has 0 saturated heterocycles. The van der Waals surface area contributed by atoms with Crippen molar-refractivity contribution in [3.8, 4) is 6.07 Å². The van der Waals surface area contributed by atoms with Crippen LogP contribution in [0.15, 0.2) is 24.5 Å². The van der Waals surface area contributed by atoms with Gasteiger partial charge >= 0.3 is 0 Å². The van der Waals surface area contributed by atoms with Crippen LogP contribution in [-0.4, -0.2) is 27.7 Å². The molecule has 0 N–H and O–H groups in total. The second kappa shape index (κ2) is 6.96.